The topological polar surface area (TPSA) is 58.6 Å². The SMILES string of the molecule is Cc1cc(C(=O)NC(C)C(=O)N2CCOCC2)sc1C. The number of hydrogen-bond donors (Lipinski definition) is 1. The van der Waals surface area contributed by atoms with Crippen molar-refractivity contribution >= 4 is 23.2 Å². The zero-order chi connectivity index (χ0) is 14.7. The van der Waals surface area contributed by atoms with E-state index in [0.29, 0.717) is 31.2 Å². The fourth-order valence-corrected chi connectivity index (χ4v) is 3.01. The molecule has 1 saturated heterocycles. The molecule has 1 atom stereocenters. The number of aryl methyl sites for hydroxylation is 2. The van der Waals surface area contributed by atoms with Gasteiger partial charge in [0, 0.05) is 18.0 Å². The molecule has 5 nitrogen and oxygen atoms in total. The van der Waals surface area contributed by atoms with E-state index in [-0.39, 0.29) is 11.8 Å². The van der Waals surface area contributed by atoms with Gasteiger partial charge in [-0.3, -0.25) is 9.59 Å². The van der Waals surface area contributed by atoms with Crippen LogP contribution in [0, 0.1) is 13.8 Å². The van der Waals surface area contributed by atoms with Gasteiger partial charge in [0.2, 0.25) is 5.91 Å². The van der Waals surface area contributed by atoms with E-state index < -0.39 is 6.04 Å². The molecule has 6 heteroatoms. The summed E-state index contributed by atoms with van der Waals surface area (Å²) in [4.78, 5) is 27.8. The third kappa shape index (κ3) is 3.37. The molecular formula is C14H20N2O3S. The number of nitrogens with zero attached hydrogens (tertiary/aromatic N) is 1. The van der Waals surface area contributed by atoms with Crippen LogP contribution in [0.15, 0.2) is 6.07 Å². The van der Waals surface area contributed by atoms with Gasteiger partial charge in [0.1, 0.15) is 6.04 Å². The van der Waals surface area contributed by atoms with Gasteiger partial charge < -0.3 is 15.0 Å². The lowest BCUT2D eigenvalue weighted by atomic mass is 10.2. The first-order chi connectivity index (χ1) is 9.49. The molecule has 1 aliphatic heterocycles. The largest absolute Gasteiger partial charge is 0.378 e. The zero-order valence-electron chi connectivity index (χ0n) is 12.1. The smallest absolute Gasteiger partial charge is 0.262 e. The molecule has 20 heavy (non-hydrogen) atoms. The minimum atomic E-state index is -0.511. The highest BCUT2D eigenvalue weighted by Gasteiger charge is 2.24. The van der Waals surface area contributed by atoms with Gasteiger partial charge in [-0.05, 0) is 32.4 Å². The van der Waals surface area contributed by atoms with Crippen LogP contribution in [0.2, 0.25) is 0 Å². The summed E-state index contributed by atoms with van der Waals surface area (Å²) in [6.07, 6.45) is 0. The van der Waals surface area contributed by atoms with Crippen LogP contribution >= 0.6 is 11.3 Å². The number of hydrogen-bond acceptors (Lipinski definition) is 4. The van der Waals surface area contributed by atoms with Gasteiger partial charge in [-0.15, -0.1) is 11.3 Å². The minimum absolute atomic E-state index is 0.0494. The summed E-state index contributed by atoms with van der Waals surface area (Å²) >= 11 is 1.45. The predicted molar refractivity (Wildman–Crippen MR) is 78.1 cm³/mol. The van der Waals surface area contributed by atoms with E-state index in [2.05, 4.69) is 5.32 Å². The molecule has 110 valence electrons. The highest BCUT2D eigenvalue weighted by molar-refractivity contribution is 7.14. The van der Waals surface area contributed by atoms with Crippen molar-refractivity contribution in [2.75, 3.05) is 26.3 Å². The number of nitrogens with one attached hydrogen (secondary N) is 1. The average Bonchev–Trinajstić information content (AvgIpc) is 2.79. The first-order valence-electron chi connectivity index (χ1n) is 6.73. The summed E-state index contributed by atoms with van der Waals surface area (Å²) in [7, 11) is 0. The Labute approximate surface area is 122 Å². The third-order valence-corrected chi connectivity index (χ3v) is 4.58. The molecule has 1 aliphatic rings. The average molecular weight is 296 g/mol. The molecule has 0 bridgehead atoms. The van der Waals surface area contributed by atoms with Gasteiger partial charge in [0.15, 0.2) is 0 Å². The Morgan fingerprint density at radius 3 is 2.55 bits per heavy atom. The predicted octanol–water partition coefficient (Wildman–Crippen LogP) is 1.34. The molecule has 0 saturated carbocycles. The molecule has 1 aromatic rings. The van der Waals surface area contributed by atoms with Crippen molar-refractivity contribution in [2.24, 2.45) is 0 Å². The van der Waals surface area contributed by atoms with Crippen molar-refractivity contribution < 1.29 is 14.3 Å². The Bertz CT molecular complexity index is 487. The van der Waals surface area contributed by atoms with Crippen LogP contribution in [-0.4, -0.2) is 49.1 Å². The van der Waals surface area contributed by atoms with Crippen molar-refractivity contribution in [3.8, 4) is 0 Å². The second-order valence-electron chi connectivity index (χ2n) is 4.98. The molecule has 1 aromatic heterocycles. The summed E-state index contributed by atoms with van der Waals surface area (Å²) < 4.78 is 5.22. The maximum absolute atomic E-state index is 12.2. The molecule has 0 aliphatic carbocycles. The minimum Gasteiger partial charge on any atom is -0.378 e. The van der Waals surface area contributed by atoms with Crippen molar-refractivity contribution in [3.63, 3.8) is 0 Å². The summed E-state index contributed by atoms with van der Waals surface area (Å²) in [6, 6.07) is 1.35. The van der Waals surface area contributed by atoms with Crippen LogP contribution in [0.25, 0.3) is 0 Å². The maximum Gasteiger partial charge on any atom is 0.262 e. The van der Waals surface area contributed by atoms with Gasteiger partial charge in [-0.1, -0.05) is 0 Å². The van der Waals surface area contributed by atoms with E-state index in [1.165, 1.54) is 11.3 Å². The molecule has 0 aromatic carbocycles. The molecule has 2 heterocycles. The lowest BCUT2D eigenvalue weighted by Gasteiger charge is -2.29. The Kier molecular flexibility index (Phi) is 4.77. The van der Waals surface area contributed by atoms with Gasteiger partial charge in [-0.2, -0.15) is 0 Å². The molecule has 0 spiro atoms. The van der Waals surface area contributed by atoms with Crippen molar-refractivity contribution in [3.05, 3.63) is 21.4 Å². The van der Waals surface area contributed by atoms with Gasteiger partial charge in [0.25, 0.3) is 5.91 Å². The van der Waals surface area contributed by atoms with E-state index in [1.54, 1.807) is 11.8 Å². The quantitative estimate of drug-likeness (QED) is 0.916. The third-order valence-electron chi connectivity index (χ3n) is 3.43. The number of ether oxygens (including phenoxy) is 1. The van der Waals surface area contributed by atoms with Crippen LogP contribution in [-0.2, 0) is 9.53 Å². The number of carbonyl (C=O) groups excluding carboxylic acids is 2. The molecule has 1 fully saturated rings. The summed E-state index contributed by atoms with van der Waals surface area (Å²) in [5, 5.41) is 2.77. The van der Waals surface area contributed by atoms with Crippen molar-refractivity contribution in [1.29, 1.82) is 0 Å². The summed E-state index contributed by atoms with van der Waals surface area (Å²) in [5.74, 6) is -0.230. The molecule has 1 N–H and O–H groups in total. The summed E-state index contributed by atoms with van der Waals surface area (Å²) in [5.41, 5.74) is 1.10. The van der Waals surface area contributed by atoms with Crippen LogP contribution in [0.5, 0.6) is 0 Å². The lowest BCUT2D eigenvalue weighted by Crippen LogP contribution is -2.50. The molecule has 1 unspecified atom stereocenters. The second kappa shape index (κ2) is 6.37. The van der Waals surface area contributed by atoms with Gasteiger partial charge >= 0.3 is 0 Å². The van der Waals surface area contributed by atoms with E-state index in [9.17, 15) is 9.59 Å². The van der Waals surface area contributed by atoms with Gasteiger partial charge in [0.05, 0.1) is 18.1 Å². The normalized spacial score (nSPS) is 16.9. The summed E-state index contributed by atoms with van der Waals surface area (Å²) in [6.45, 7) is 8.00. The standard InChI is InChI=1S/C14H20N2O3S/c1-9-8-12(20-11(9)3)13(17)15-10(2)14(18)16-4-6-19-7-5-16/h8,10H,4-7H2,1-3H3,(H,15,17). The number of amides is 2. The molecular weight excluding hydrogens is 276 g/mol. The second-order valence-corrected chi connectivity index (χ2v) is 6.24. The van der Waals surface area contributed by atoms with Crippen LogP contribution in [0.1, 0.15) is 27.0 Å². The van der Waals surface area contributed by atoms with E-state index in [1.807, 2.05) is 19.9 Å². The molecule has 0 radical (unpaired) electrons. The Morgan fingerprint density at radius 2 is 2.00 bits per heavy atom. The van der Waals surface area contributed by atoms with Crippen molar-refractivity contribution in [2.45, 2.75) is 26.8 Å². The Balaban J connectivity index is 1.94. The van der Waals surface area contributed by atoms with Gasteiger partial charge in [-0.25, -0.2) is 0 Å². The van der Waals surface area contributed by atoms with E-state index in [4.69, 9.17) is 4.74 Å². The fourth-order valence-electron chi connectivity index (χ4n) is 2.07. The monoisotopic (exact) mass is 296 g/mol. The van der Waals surface area contributed by atoms with Crippen LogP contribution in [0.4, 0.5) is 0 Å². The fraction of sp³-hybridized carbons (Fsp3) is 0.571. The molecule has 2 rings (SSSR count). The zero-order valence-corrected chi connectivity index (χ0v) is 12.9. The highest BCUT2D eigenvalue weighted by Crippen LogP contribution is 2.20. The number of morpholine rings is 1. The first-order valence-corrected chi connectivity index (χ1v) is 7.55. The Hall–Kier alpha value is -1.40. The van der Waals surface area contributed by atoms with E-state index in [0.717, 1.165) is 10.4 Å². The van der Waals surface area contributed by atoms with Crippen LogP contribution < -0.4 is 5.32 Å². The van der Waals surface area contributed by atoms with Crippen molar-refractivity contribution in [1.82, 2.24) is 10.2 Å². The van der Waals surface area contributed by atoms with Crippen LogP contribution in [0.3, 0.4) is 0 Å². The lowest BCUT2D eigenvalue weighted by molar-refractivity contribution is -0.136. The number of thiophene rings is 1. The highest BCUT2D eigenvalue weighted by atomic mass is 32.1. The maximum atomic E-state index is 12.2. The van der Waals surface area contributed by atoms with E-state index >= 15 is 0 Å². The molecule has 2 amide bonds. The first kappa shape index (κ1) is 15.0. The number of carbonyl (C=O) groups is 2. The Morgan fingerprint density at radius 1 is 1.35 bits per heavy atom. The number of rotatable bonds is 3.